The molecular formula is C12H7Cl2N3O3S. The third-order valence-corrected chi connectivity index (χ3v) is 4.35. The van der Waals surface area contributed by atoms with Crippen LogP contribution in [0.25, 0.3) is 0 Å². The summed E-state index contributed by atoms with van der Waals surface area (Å²) in [7, 11) is -4.02. The first-order chi connectivity index (χ1) is 9.83. The van der Waals surface area contributed by atoms with E-state index in [4.69, 9.17) is 28.5 Å². The van der Waals surface area contributed by atoms with E-state index in [1.807, 2.05) is 6.07 Å². The molecular weight excluding hydrogens is 337 g/mol. The average molecular weight is 344 g/mol. The molecule has 0 saturated carbocycles. The molecule has 0 saturated heterocycles. The fraction of sp³-hybridized carbons (Fsp3) is 0. The molecule has 0 spiro atoms. The highest BCUT2D eigenvalue weighted by molar-refractivity contribution is 7.92. The number of sulfonamides is 1. The molecule has 1 aromatic heterocycles. The molecule has 9 heteroatoms. The van der Waals surface area contributed by atoms with Crippen LogP contribution in [0.1, 0.15) is 5.56 Å². The Morgan fingerprint density at radius 3 is 2.57 bits per heavy atom. The summed E-state index contributed by atoms with van der Waals surface area (Å²) in [5.41, 5.74) is -0.457. The monoisotopic (exact) mass is 343 g/mol. The lowest BCUT2D eigenvalue weighted by Crippen LogP contribution is -2.16. The van der Waals surface area contributed by atoms with Gasteiger partial charge in [-0.3, -0.25) is 9.52 Å². The molecule has 2 aromatic rings. The van der Waals surface area contributed by atoms with Crippen molar-refractivity contribution in [1.82, 2.24) is 4.98 Å². The van der Waals surface area contributed by atoms with E-state index in [1.54, 1.807) is 0 Å². The first-order valence-electron chi connectivity index (χ1n) is 5.44. The third kappa shape index (κ3) is 3.36. The Labute approximate surface area is 130 Å². The van der Waals surface area contributed by atoms with Crippen LogP contribution in [0.3, 0.4) is 0 Å². The van der Waals surface area contributed by atoms with Gasteiger partial charge in [0.25, 0.3) is 15.6 Å². The van der Waals surface area contributed by atoms with E-state index >= 15 is 0 Å². The summed E-state index contributed by atoms with van der Waals surface area (Å²) in [6.45, 7) is 0. The van der Waals surface area contributed by atoms with Crippen molar-refractivity contribution in [1.29, 1.82) is 5.26 Å². The van der Waals surface area contributed by atoms with Crippen molar-refractivity contribution in [3.63, 3.8) is 0 Å². The highest BCUT2D eigenvalue weighted by Crippen LogP contribution is 2.23. The molecule has 2 N–H and O–H groups in total. The first kappa shape index (κ1) is 15.4. The molecule has 108 valence electrons. The highest BCUT2D eigenvalue weighted by atomic mass is 35.5. The molecule has 0 unspecified atom stereocenters. The number of benzene rings is 1. The standard InChI is InChI=1S/C12H7Cl2N3O3S/c13-8-2-1-7(5-15)11(3-8)17-21(19,20)9-4-10(14)12(18)16-6-9/h1-4,6,17H,(H,16,18). The average Bonchev–Trinajstić information content (AvgIpc) is 2.41. The zero-order valence-electron chi connectivity index (χ0n) is 10.2. The van der Waals surface area contributed by atoms with Gasteiger partial charge in [-0.1, -0.05) is 23.2 Å². The fourth-order valence-electron chi connectivity index (χ4n) is 1.49. The van der Waals surface area contributed by atoms with Gasteiger partial charge in [0.05, 0.1) is 11.3 Å². The number of halogens is 2. The van der Waals surface area contributed by atoms with Crippen LogP contribution in [-0.4, -0.2) is 13.4 Å². The minimum Gasteiger partial charge on any atom is -0.326 e. The minimum absolute atomic E-state index is 0.0346. The molecule has 2 rings (SSSR count). The molecule has 0 aliphatic carbocycles. The number of rotatable bonds is 3. The number of nitriles is 1. The summed E-state index contributed by atoms with van der Waals surface area (Å²) in [5, 5.41) is 8.97. The summed E-state index contributed by atoms with van der Waals surface area (Å²) in [5.74, 6) is 0. The van der Waals surface area contributed by atoms with Gasteiger partial charge in [0, 0.05) is 11.2 Å². The van der Waals surface area contributed by atoms with Gasteiger partial charge in [-0.05, 0) is 24.3 Å². The van der Waals surface area contributed by atoms with E-state index in [9.17, 15) is 13.2 Å². The Hall–Kier alpha value is -2.01. The van der Waals surface area contributed by atoms with Crippen LogP contribution in [-0.2, 0) is 10.0 Å². The molecule has 1 heterocycles. The van der Waals surface area contributed by atoms with Crippen LogP contribution in [0, 0.1) is 11.3 Å². The van der Waals surface area contributed by atoms with Gasteiger partial charge in [-0.25, -0.2) is 8.42 Å². The van der Waals surface area contributed by atoms with E-state index < -0.39 is 15.6 Å². The Kier molecular flexibility index (Phi) is 4.23. The van der Waals surface area contributed by atoms with Crippen LogP contribution in [0.2, 0.25) is 10.0 Å². The number of hydrogen-bond donors (Lipinski definition) is 2. The van der Waals surface area contributed by atoms with Crippen LogP contribution in [0.4, 0.5) is 5.69 Å². The fourth-order valence-corrected chi connectivity index (χ4v) is 2.97. The largest absolute Gasteiger partial charge is 0.326 e. The van der Waals surface area contributed by atoms with Gasteiger partial charge in [0.15, 0.2) is 0 Å². The SMILES string of the molecule is N#Cc1ccc(Cl)cc1NS(=O)(=O)c1c[nH]c(=O)c(Cl)c1. The van der Waals surface area contributed by atoms with Crippen molar-refractivity contribution < 1.29 is 8.42 Å². The number of aromatic nitrogens is 1. The van der Waals surface area contributed by atoms with Crippen LogP contribution in [0.15, 0.2) is 40.2 Å². The van der Waals surface area contributed by atoms with Gasteiger partial charge in [-0.15, -0.1) is 0 Å². The van der Waals surface area contributed by atoms with Crippen LogP contribution < -0.4 is 10.3 Å². The van der Waals surface area contributed by atoms with Crippen LogP contribution >= 0.6 is 23.2 Å². The maximum atomic E-state index is 12.2. The van der Waals surface area contributed by atoms with Crippen molar-refractivity contribution in [2.45, 2.75) is 4.90 Å². The van der Waals surface area contributed by atoms with Crippen molar-refractivity contribution in [2.24, 2.45) is 0 Å². The molecule has 0 amide bonds. The second-order valence-corrected chi connectivity index (χ2v) is 6.45. The van der Waals surface area contributed by atoms with Crippen molar-refractivity contribution >= 4 is 38.9 Å². The summed E-state index contributed by atoms with van der Waals surface area (Å²) in [6.07, 6.45) is 1.01. The first-order valence-corrected chi connectivity index (χ1v) is 7.68. The second kappa shape index (κ2) is 5.77. The van der Waals surface area contributed by atoms with E-state index in [1.165, 1.54) is 18.2 Å². The smallest absolute Gasteiger partial charge is 0.266 e. The quantitative estimate of drug-likeness (QED) is 0.892. The number of hydrogen-bond acceptors (Lipinski definition) is 4. The molecule has 0 fully saturated rings. The summed E-state index contributed by atoms with van der Waals surface area (Å²) < 4.78 is 26.6. The molecule has 0 aliphatic rings. The molecule has 1 aromatic carbocycles. The highest BCUT2D eigenvalue weighted by Gasteiger charge is 2.18. The normalized spacial score (nSPS) is 10.9. The number of anilines is 1. The van der Waals surface area contributed by atoms with E-state index in [2.05, 4.69) is 9.71 Å². The van der Waals surface area contributed by atoms with Crippen molar-refractivity contribution in [2.75, 3.05) is 4.72 Å². The molecule has 0 aliphatic heterocycles. The summed E-state index contributed by atoms with van der Waals surface area (Å²) in [6, 6.07) is 7.03. The number of nitrogens with zero attached hydrogens (tertiary/aromatic N) is 1. The topological polar surface area (TPSA) is 103 Å². The van der Waals surface area contributed by atoms with Gasteiger partial charge in [0.2, 0.25) is 0 Å². The number of pyridine rings is 1. The second-order valence-electron chi connectivity index (χ2n) is 3.92. The third-order valence-electron chi connectivity index (χ3n) is 2.49. The predicted octanol–water partition coefficient (Wildman–Crippen LogP) is 2.35. The summed E-state index contributed by atoms with van der Waals surface area (Å²) in [4.78, 5) is 13.1. The number of nitrogens with one attached hydrogen (secondary N) is 2. The van der Waals surface area contributed by atoms with Gasteiger partial charge >= 0.3 is 0 Å². The summed E-state index contributed by atoms with van der Waals surface area (Å²) >= 11 is 11.4. The van der Waals surface area contributed by atoms with Crippen LogP contribution in [0.5, 0.6) is 0 Å². The lowest BCUT2D eigenvalue weighted by Gasteiger charge is -2.09. The molecule has 0 atom stereocenters. The predicted molar refractivity (Wildman–Crippen MR) is 79.0 cm³/mol. The number of aromatic amines is 1. The zero-order valence-corrected chi connectivity index (χ0v) is 12.6. The van der Waals surface area contributed by atoms with Gasteiger partial charge in [0.1, 0.15) is 16.0 Å². The Morgan fingerprint density at radius 2 is 1.95 bits per heavy atom. The minimum atomic E-state index is -4.02. The maximum Gasteiger partial charge on any atom is 0.266 e. The Bertz CT molecular complexity index is 901. The molecule has 0 radical (unpaired) electrons. The Balaban J connectivity index is 2.47. The molecule has 0 bridgehead atoms. The van der Waals surface area contributed by atoms with Gasteiger partial charge < -0.3 is 4.98 Å². The maximum absolute atomic E-state index is 12.2. The Morgan fingerprint density at radius 1 is 1.24 bits per heavy atom. The lowest BCUT2D eigenvalue weighted by molar-refractivity contribution is 0.600. The van der Waals surface area contributed by atoms with Crippen molar-refractivity contribution in [3.05, 3.63) is 56.4 Å². The lowest BCUT2D eigenvalue weighted by atomic mass is 10.2. The number of H-pyrrole nitrogens is 1. The van der Waals surface area contributed by atoms with E-state index in [0.29, 0.717) is 0 Å². The zero-order chi connectivity index (χ0) is 15.6. The van der Waals surface area contributed by atoms with E-state index in [-0.39, 0.29) is 26.2 Å². The molecule has 6 nitrogen and oxygen atoms in total. The molecule has 21 heavy (non-hydrogen) atoms. The van der Waals surface area contributed by atoms with Gasteiger partial charge in [-0.2, -0.15) is 5.26 Å². The van der Waals surface area contributed by atoms with Crippen molar-refractivity contribution in [3.8, 4) is 6.07 Å². The van der Waals surface area contributed by atoms with E-state index in [0.717, 1.165) is 12.3 Å².